The summed E-state index contributed by atoms with van der Waals surface area (Å²) in [6.45, 7) is 5.40. The number of carbonyl (C=O) groups is 1. The van der Waals surface area contributed by atoms with Crippen LogP contribution in [0.1, 0.15) is 34.6 Å². The number of para-hydroxylation sites is 2. The second-order valence-electron chi connectivity index (χ2n) is 8.95. The molecule has 0 unspecified atom stereocenters. The van der Waals surface area contributed by atoms with Gasteiger partial charge in [-0.25, -0.2) is 4.98 Å². The summed E-state index contributed by atoms with van der Waals surface area (Å²) in [5, 5.41) is 2.99. The molecular weight excluding hydrogens is 494 g/mol. The van der Waals surface area contributed by atoms with Crippen molar-refractivity contribution in [2.45, 2.75) is 32.4 Å². The van der Waals surface area contributed by atoms with Gasteiger partial charge in [0, 0.05) is 12.1 Å². The quantitative estimate of drug-likeness (QED) is 0.170. The van der Waals surface area contributed by atoms with Gasteiger partial charge < -0.3 is 28.8 Å². The Hall–Kier alpha value is -4.46. The van der Waals surface area contributed by atoms with Crippen LogP contribution in [-0.4, -0.2) is 43.4 Å². The average molecular weight is 530 g/mol. The number of aromatic nitrogens is 2. The smallest absolute Gasteiger partial charge is 0.251 e. The molecule has 1 aromatic heterocycles. The lowest BCUT2D eigenvalue weighted by Crippen LogP contribution is -2.25. The number of amides is 1. The molecule has 0 aliphatic carbocycles. The number of aryl methyl sites for hydroxylation is 1. The maximum absolute atomic E-state index is 12.9. The number of rotatable bonds is 14. The van der Waals surface area contributed by atoms with Gasteiger partial charge in [-0.05, 0) is 67.3 Å². The number of methoxy groups -OCH3 is 3. The lowest BCUT2D eigenvalue weighted by Gasteiger charge is -2.13. The van der Waals surface area contributed by atoms with Gasteiger partial charge in [0.2, 0.25) is 0 Å². The molecule has 0 bridgehead atoms. The number of nitrogens with one attached hydrogen (secondary N) is 1. The Labute approximate surface area is 229 Å². The molecule has 8 heteroatoms. The molecule has 0 saturated carbocycles. The van der Waals surface area contributed by atoms with Crippen molar-refractivity contribution in [3.05, 3.63) is 90.3 Å². The third kappa shape index (κ3) is 6.71. The van der Waals surface area contributed by atoms with Crippen LogP contribution < -0.4 is 24.3 Å². The maximum Gasteiger partial charge on any atom is 0.251 e. The lowest BCUT2D eigenvalue weighted by atomic mass is 10.1. The number of carbonyl (C=O) groups excluding carboxylic acids is 1. The molecule has 0 saturated heterocycles. The van der Waals surface area contributed by atoms with Crippen LogP contribution >= 0.6 is 0 Å². The zero-order chi connectivity index (χ0) is 27.6. The van der Waals surface area contributed by atoms with Crippen LogP contribution in [0.25, 0.3) is 11.0 Å². The van der Waals surface area contributed by atoms with Crippen LogP contribution in [-0.2, 0) is 19.5 Å². The number of unbranched alkanes of at least 4 members (excludes halogenated alkanes) is 1. The highest BCUT2D eigenvalue weighted by Gasteiger charge is 2.14. The average Bonchev–Trinajstić information content (AvgIpc) is 3.33. The molecule has 0 fully saturated rings. The Kier molecular flexibility index (Phi) is 9.45. The Balaban J connectivity index is 1.38. The Morgan fingerprint density at radius 2 is 1.67 bits per heavy atom. The van der Waals surface area contributed by atoms with Crippen molar-refractivity contribution in [2.75, 3.05) is 27.9 Å². The Bertz CT molecular complexity index is 1430. The SMILES string of the molecule is C=CCc1ccc(OCCCCn2c(CNC(=O)c3ccc(OC)c(OC)c3)nc3ccccc32)c(OC)c1. The van der Waals surface area contributed by atoms with E-state index >= 15 is 0 Å². The van der Waals surface area contributed by atoms with E-state index in [9.17, 15) is 4.79 Å². The largest absolute Gasteiger partial charge is 0.493 e. The molecule has 39 heavy (non-hydrogen) atoms. The van der Waals surface area contributed by atoms with E-state index < -0.39 is 0 Å². The number of benzene rings is 3. The standard InChI is InChI=1S/C31H35N3O5/c1-5-10-22-13-15-27(28(19-22)37-3)39-18-9-8-17-34-25-12-7-6-11-24(25)33-30(34)21-32-31(35)23-14-16-26(36-2)29(20-23)38-4/h5-7,11-16,19-20H,1,8-10,17-18,21H2,2-4H3,(H,32,35). The van der Waals surface area contributed by atoms with E-state index in [1.165, 1.54) is 0 Å². The predicted octanol–water partition coefficient (Wildman–Crippen LogP) is 5.58. The summed E-state index contributed by atoms with van der Waals surface area (Å²) in [6, 6.07) is 19.0. The number of nitrogens with zero attached hydrogens (tertiary/aromatic N) is 2. The van der Waals surface area contributed by atoms with Gasteiger partial charge in [0.1, 0.15) is 5.82 Å². The molecule has 4 rings (SSSR count). The topological polar surface area (TPSA) is 83.8 Å². The lowest BCUT2D eigenvalue weighted by molar-refractivity contribution is 0.0949. The van der Waals surface area contributed by atoms with E-state index in [2.05, 4.69) is 16.5 Å². The first kappa shape index (κ1) is 27.6. The van der Waals surface area contributed by atoms with Crippen LogP contribution in [0.15, 0.2) is 73.3 Å². The van der Waals surface area contributed by atoms with Gasteiger partial charge in [0.25, 0.3) is 5.91 Å². The van der Waals surface area contributed by atoms with Crippen molar-refractivity contribution >= 4 is 16.9 Å². The monoisotopic (exact) mass is 529 g/mol. The van der Waals surface area contributed by atoms with Crippen LogP contribution in [0.3, 0.4) is 0 Å². The third-order valence-corrected chi connectivity index (χ3v) is 6.43. The van der Waals surface area contributed by atoms with E-state index in [-0.39, 0.29) is 5.91 Å². The number of imidazole rings is 1. The highest BCUT2D eigenvalue weighted by molar-refractivity contribution is 5.94. The summed E-state index contributed by atoms with van der Waals surface area (Å²) in [6.07, 6.45) is 4.38. The summed E-state index contributed by atoms with van der Waals surface area (Å²) >= 11 is 0. The van der Waals surface area contributed by atoms with Crippen LogP contribution in [0.2, 0.25) is 0 Å². The van der Waals surface area contributed by atoms with Crippen molar-refractivity contribution < 1.29 is 23.7 Å². The molecule has 0 radical (unpaired) electrons. The minimum absolute atomic E-state index is 0.212. The third-order valence-electron chi connectivity index (χ3n) is 6.43. The number of hydrogen-bond donors (Lipinski definition) is 1. The highest BCUT2D eigenvalue weighted by Crippen LogP contribution is 2.29. The number of ether oxygens (including phenoxy) is 4. The second-order valence-corrected chi connectivity index (χ2v) is 8.95. The number of fused-ring (bicyclic) bond motifs is 1. The van der Waals surface area contributed by atoms with Crippen LogP contribution in [0, 0.1) is 0 Å². The van der Waals surface area contributed by atoms with Crippen molar-refractivity contribution in [1.82, 2.24) is 14.9 Å². The normalized spacial score (nSPS) is 10.7. The first-order valence-corrected chi connectivity index (χ1v) is 12.9. The van der Waals surface area contributed by atoms with Crippen molar-refractivity contribution in [2.24, 2.45) is 0 Å². The molecule has 1 heterocycles. The van der Waals surface area contributed by atoms with Crippen LogP contribution in [0.4, 0.5) is 0 Å². The minimum Gasteiger partial charge on any atom is -0.493 e. The zero-order valence-electron chi connectivity index (χ0n) is 22.7. The van der Waals surface area contributed by atoms with Gasteiger partial charge >= 0.3 is 0 Å². The van der Waals surface area contributed by atoms with Crippen molar-refractivity contribution in [1.29, 1.82) is 0 Å². The molecular formula is C31H35N3O5. The van der Waals surface area contributed by atoms with E-state index in [1.54, 1.807) is 39.5 Å². The highest BCUT2D eigenvalue weighted by atomic mass is 16.5. The molecule has 0 atom stereocenters. The van der Waals surface area contributed by atoms with Gasteiger partial charge in [-0.15, -0.1) is 6.58 Å². The van der Waals surface area contributed by atoms with Gasteiger partial charge in [-0.2, -0.15) is 0 Å². The summed E-state index contributed by atoms with van der Waals surface area (Å²) in [5.74, 6) is 3.12. The van der Waals surface area contributed by atoms with Gasteiger partial charge in [-0.1, -0.05) is 24.3 Å². The summed E-state index contributed by atoms with van der Waals surface area (Å²) in [7, 11) is 4.76. The van der Waals surface area contributed by atoms with Gasteiger partial charge in [0.05, 0.1) is 45.5 Å². The maximum atomic E-state index is 12.9. The summed E-state index contributed by atoms with van der Waals surface area (Å²) < 4.78 is 24.3. The summed E-state index contributed by atoms with van der Waals surface area (Å²) in [4.78, 5) is 17.7. The van der Waals surface area contributed by atoms with Crippen LogP contribution in [0.5, 0.6) is 23.0 Å². The van der Waals surface area contributed by atoms with E-state index in [1.807, 2.05) is 48.5 Å². The molecule has 0 aliphatic rings. The molecule has 8 nitrogen and oxygen atoms in total. The molecule has 4 aromatic rings. The molecule has 3 aromatic carbocycles. The van der Waals surface area contributed by atoms with Gasteiger partial charge in [-0.3, -0.25) is 4.79 Å². The first-order chi connectivity index (χ1) is 19.1. The predicted molar refractivity (Wildman–Crippen MR) is 152 cm³/mol. The fraction of sp³-hybridized carbons (Fsp3) is 0.290. The van der Waals surface area contributed by atoms with Crippen molar-refractivity contribution in [3.63, 3.8) is 0 Å². The molecule has 1 amide bonds. The number of hydrogen-bond acceptors (Lipinski definition) is 6. The van der Waals surface area contributed by atoms with E-state index in [0.717, 1.165) is 59.7 Å². The second kappa shape index (κ2) is 13.4. The Morgan fingerprint density at radius 3 is 2.44 bits per heavy atom. The fourth-order valence-corrected chi connectivity index (χ4v) is 4.43. The Morgan fingerprint density at radius 1 is 0.923 bits per heavy atom. The van der Waals surface area contributed by atoms with E-state index in [0.29, 0.717) is 30.2 Å². The summed E-state index contributed by atoms with van der Waals surface area (Å²) in [5.41, 5.74) is 3.55. The zero-order valence-corrected chi connectivity index (χ0v) is 22.7. The van der Waals surface area contributed by atoms with Gasteiger partial charge in [0.15, 0.2) is 23.0 Å². The number of allylic oxidation sites excluding steroid dienone is 1. The molecule has 0 aliphatic heterocycles. The minimum atomic E-state index is -0.212. The first-order valence-electron chi connectivity index (χ1n) is 12.9. The fourth-order valence-electron chi connectivity index (χ4n) is 4.43. The molecule has 1 N–H and O–H groups in total. The molecule has 0 spiro atoms. The molecule has 204 valence electrons. The van der Waals surface area contributed by atoms with Crippen molar-refractivity contribution in [3.8, 4) is 23.0 Å². The van der Waals surface area contributed by atoms with E-state index in [4.69, 9.17) is 23.9 Å².